The van der Waals surface area contributed by atoms with Crippen LogP contribution in [0.5, 0.6) is 0 Å². The second-order valence-electron chi connectivity index (χ2n) is 6.90. The lowest BCUT2D eigenvalue weighted by atomic mass is 10.1. The van der Waals surface area contributed by atoms with Crippen LogP contribution < -0.4 is 10.2 Å². The Morgan fingerprint density at radius 3 is 2.54 bits per heavy atom. The first-order valence-corrected chi connectivity index (χ1v) is 9.23. The molecule has 1 aromatic heterocycles. The first kappa shape index (κ1) is 16.6. The fourth-order valence-electron chi connectivity index (χ4n) is 3.53. The average Bonchev–Trinajstić information content (AvgIpc) is 2.69. The largest absolute Gasteiger partial charge is 0.357 e. The average molecular weight is 345 g/mol. The molecule has 0 unspecified atom stereocenters. The number of pyridine rings is 1. The van der Waals surface area contributed by atoms with Gasteiger partial charge in [-0.05, 0) is 68.1 Å². The van der Waals surface area contributed by atoms with Crippen LogP contribution in [-0.4, -0.2) is 24.0 Å². The lowest BCUT2D eigenvalue weighted by Gasteiger charge is -2.28. The molecular weight excluding hydrogens is 322 g/mol. The summed E-state index contributed by atoms with van der Waals surface area (Å²) in [6.07, 6.45) is 3.79. The number of carbonyl (C=O) groups is 1. The monoisotopic (exact) mass is 345 g/mol. The minimum atomic E-state index is -0.0968. The van der Waals surface area contributed by atoms with E-state index in [1.807, 2.05) is 48.5 Å². The Labute approximate surface area is 153 Å². The van der Waals surface area contributed by atoms with Crippen LogP contribution in [0.4, 0.5) is 11.5 Å². The summed E-state index contributed by atoms with van der Waals surface area (Å²) >= 11 is 0. The Hall–Kier alpha value is -2.88. The van der Waals surface area contributed by atoms with Gasteiger partial charge in [0, 0.05) is 29.7 Å². The van der Waals surface area contributed by atoms with E-state index in [4.69, 9.17) is 4.98 Å². The molecule has 1 saturated heterocycles. The van der Waals surface area contributed by atoms with E-state index in [0.29, 0.717) is 5.56 Å². The highest BCUT2D eigenvalue weighted by atomic mass is 16.1. The van der Waals surface area contributed by atoms with E-state index in [-0.39, 0.29) is 5.91 Å². The van der Waals surface area contributed by atoms with E-state index in [1.165, 1.54) is 24.8 Å². The SMILES string of the molecule is Cc1cc(N2CCCCC2)nc2ccc(NC(=O)c3ccccc3)cc12. The molecule has 0 spiro atoms. The summed E-state index contributed by atoms with van der Waals surface area (Å²) in [6.45, 7) is 4.28. The van der Waals surface area contributed by atoms with Gasteiger partial charge in [0.2, 0.25) is 0 Å². The number of nitrogens with one attached hydrogen (secondary N) is 1. The summed E-state index contributed by atoms with van der Waals surface area (Å²) < 4.78 is 0. The van der Waals surface area contributed by atoms with Crippen molar-refractivity contribution in [3.8, 4) is 0 Å². The number of rotatable bonds is 3. The molecule has 132 valence electrons. The van der Waals surface area contributed by atoms with Crippen LogP contribution in [0, 0.1) is 6.92 Å². The van der Waals surface area contributed by atoms with Gasteiger partial charge in [0.25, 0.3) is 5.91 Å². The van der Waals surface area contributed by atoms with E-state index in [0.717, 1.165) is 35.5 Å². The molecule has 4 nitrogen and oxygen atoms in total. The van der Waals surface area contributed by atoms with E-state index >= 15 is 0 Å². The Balaban J connectivity index is 1.61. The van der Waals surface area contributed by atoms with Crippen LogP contribution in [-0.2, 0) is 0 Å². The topological polar surface area (TPSA) is 45.2 Å². The number of fused-ring (bicyclic) bond motifs is 1. The molecule has 1 aliphatic heterocycles. The number of benzene rings is 2. The summed E-state index contributed by atoms with van der Waals surface area (Å²) in [5.41, 5.74) is 3.61. The van der Waals surface area contributed by atoms with Crippen LogP contribution in [0.1, 0.15) is 35.2 Å². The maximum Gasteiger partial charge on any atom is 0.255 e. The zero-order chi connectivity index (χ0) is 17.9. The molecule has 2 aromatic carbocycles. The van der Waals surface area contributed by atoms with Gasteiger partial charge in [-0.2, -0.15) is 0 Å². The molecule has 0 saturated carbocycles. The summed E-state index contributed by atoms with van der Waals surface area (Å²) in [7, 11) is 0. The molecule has 26 heavy (non-hydrogen) atoms. The molecule has 1 N–H and O–H groups in total. The molecule has 0 aliphatic carbocycles. The van der Waals surface area contributed by atoms with Crippen molar-refractivity contribution in [3.05, 3.63) is 65.7 Å². The van der Waals surface area contributed by atoms with E-state index < -0.39 is 0 Å². The number of aryl methyl sites for hydroxylation is 1. The van der Waals surface area contributed by atoms with Gasteiger partial charge in [-0.3, -0.25) is 4.79 Å². The Bertz CT molecular complexity index is 931. The van der Waals surface area contributed by atoms with Crippen molar-refractivity contribution in [2.45, 2.75) is 26.2 Å². The standard InChI is InChI=1S/C22H23N3O/c1-16-14-21(25-12-6-3-7-13-25)24-20-11-10-18(15-19(16)20)23-22(26)17-8-4-2-5-9-17/h2,4-5,8-11,14-15H,3,6-7,12-13H2,1H3,(H,23,26). The van der Waals surface area contributed by atoms with Gasteiger partial charge < -0.3 is 10.2 Å². The molecular formula is C22H23N3O. The third-order valence-corrected chi connectivity index (χ3v) is 4.98. The van der Waals surface area contributed by atoms with Gasteiger partial charge in [0.05, 0.1) is 5.52 Å². The summed E-state index contributed by atoms with van der Waals surface area (Å²) in [5, 5.41) is 4.06. The first-order chi connectivity index (χ1) is 12.7. The molecule has 1 fully saturated rings. The van der Waals surface area contributed by atoms with Gasteiger partial charge >= 0.3 is 0 Å². The molecule has 0 atom stereocenters. The molecule has 2 heterocycles. The molecule has 4 heteroatoms. The highest BCUT2D eigenvalue weighted by Crippen LogP contribution is 2.27. The third-order valence-electron chi connectivity index (χ3n) is 4.98. The third kappa shape index (κ3) is 3.40. The lowest BCUT2D eigenvalue weighted by molar-refractivity contribution is 0.102. The van der Waals surface area contributed by atoms with Gasteiger partial charge in [0.15, 0.2) is 0 Å². The van der Waals surface area contributed by atoms with Crippen molar-refractivity contribution in [3.63, 3.8) is 0 Å². The highest BCUT2D eigenvalue weighted by molar-refractivity contribution is 6.05. The van der Waals surface area contributed by atoms with E-state index in [2.05, 4.69) is 23.2 Å². The van der Waals surface area contributed by atoms with Gasteiger partial charge in [-0.25, -0.2) is 4.98 Å². The number of aromatic nitrogens is 1. The molecule has 0 bridgehead atoms. The quantitative estimate of drug-likeness (QED) is 0.742. The Morgan fingerprint density at radius 2 is 1.77 bits per heavy atom. The van der Waals surface area contributed by atoms with E-state index in [1.54, 1.807) is 0 Å². The fourth-order valence-corrected chi connectivity index (χ4v) is 3.53. The minimum absolute atomic E-state index is 0.0968. The van der Waals surface area contributed by atoms with Crippen LogP contribution in [0.2, 0.25) is 0 Å². The number of piperidine rings is 1. The second kappa shape index (κ2) is 7.16. The molecule has 1 aliphatic rings. The van der Waals surface area contributed by atoms with Crippen LogP contribution >= 0.6 is 0 Å². The number of hydrogen-bond acceptors (Lipinski definition) is 3. The lowest BCUT2D eigenvalue weighted by Crippen LogP contribution is -2.30. The smallest absolute Gasteiger partial charge is 0.255 e. The predicted octanol–water partition coefficient (Wildman–Crippen LogP) is 4.79. The zero-order valence-electron chi connectivity index (χ0n) is 15.0. The van der Waals surface area contributed by atoms with Crippen LogP contribution in [0.25, 0.3) is 10.9 Å². The maximum atomic E-state index is 12.4. The van der Waals surface area contributed by atoms with Crippen molar-refractivity contribution in [1.82, 2.24) is 4.98 Å². The van der Waals surface area contributed by atoms with Crippen LogP contribution in [0.3, 0.4) is 0 Å². The van der Waals surface area contributed by atoms with Gasteiger partial charge in [0.1, 0.15) is 5.82 Å². The zero-order valence-corrected chi connectivity index (χ0v) is 15.0. The van der Waals surface area contributed by atoms with Gasteiger partial charge in [-0.1, -0.05) is 18.2 Å². The first-order valence-electron chi connectivity index (χ1n) is 9.23. The van der Waals surface area contributed by atoms with Crippen molar-refractivity contribution in [2.24, 2.45) is 0 Å². The summed E-state index contributed by atoms with van der Waals surface area (Å²) in [5.74, 6) is 0.969. The summed E-state index contributed by atoms with van der Waals surface area (Å²) in [4.78, 5) is 19.6. The number of amides is 1. The Morgan fingerprint density at radius 1 is 1.00 bits per heavy atom. The Kier molecular flexibility index (Phi) is 4.57. The second-order valence-corrected chi connectivity index (χ2v) is 6.90. The van der Waals surface area contributed by atoms with E-state index in [9.17, 15) is 4.79 Å². The highest BCUT2D eigenvalue weighted by Gasteiger charge is 2.14. The number of nitrogens with zero attached hydrogens (tertiary/aromatic N) is 2. The normalized spacial score (nSPS) is 14.4. The fraction of sp³-hybridized carbons (Fsp3) is 0.273. The van der Waals surface area contributed by atoms with Crippen molar-refractivity contribution >= 4 is 28.3 Å². The molecule has 3 aromatic rings. The maximum absolute atomic E-state index is 12.4. The number of anilines is 2. The van der Waals surface area contributed by atoms with Crippen molar-refractivity contribution < 1.29 is 4.79 Å². The molecule has 1 amide bonds. The number of hydrogen-bond donors (Lipinski definition) is 1. The predicted molar refractivity (Wildman–Crippen MR) is 107 cm³/mol. The van der Waals surface area contributed by atoms with Gasteiger partial charge in [-0.15, -0.1) is 0 Å². The minimum Gasteiger partial charge on any atom is -0.357 e. The van der Waals surface area contributed by atoms with Crippen molar-refractivity contribution in [1.29, 1.82) is 0 Å². The number of carbonyl (C=O) groups excluding carboxylic acids is 1. The van der Waals surface area contributed by atoms with Crippen molar-refractivity contribution in [2.75, 3.05) is 23.3 Å². The molecule has 4 rings (SSSR count). The molecule has 0 radical (unpaired) electrons. The summed E-state index contributed by atoms with van der Waals surface area (Å²) in [6, 6.07) is 17.4. The van der Waals surface area contributed by atoms with Crippen LogP contribution in [0.15, 0.2) is 54.6 Å².